The van der Waals surface area contributed by atoms with Crippen molar-refractivity contribution in [1.82, 2.24) is 9.88 Å². The minimum Gasteiger partial charge on any atom is -0.347 e. The number of fused-ring (bicyclic) bond motifs is 1. The van der Waals surface area contributed by atoms with Gasteiger partial charge in [0.1, 0.15) is 11.5 Å². The van der Waals surface area contributed by atoms with Crippen LogP contribution in [0.2, 0.25) is 0 Å². The van der Waals surface area contributed by atoms with Gasteiger partial charge in [-0.3, -0.25) is 4.79 Å². The van der Waals surface area contributed by atoms with Crippen molar-refractivity contribution in [3.63, 3.8) is 0 Å². The zero-order valence-electron chi connectivity index (χ0n) is 14.9. The second-order valence-corrected chi connectivity index (χ2v) is 8.24. The minimum absolute atomic E-state index is 0.204. The number of nitrogens with one attached hydrogen (secondary N) is 1. The lowest BCUT2D eigenvalue weighted by Gasteiger charge is -2.12. The average molecular weight is 479 g/mol. The van der Waals surface area contributed by atoms with Crippen molar-refractivity contribution < 1.29 is 18.0 Å². The van der Waals surface area contributed by atoms with Gasteiger partial charge < -0.3 is 9.88 Å². The van der Waals surface area contributed by atoms with Crippen LogP contribution >= 0.6 is 27.3 Å². The summed E-state index contributed by atoms with van der Waals surface area (Å²) in [6.45, 7) is 0.444. The maximum Gasteiger partial charge on any atom is 0.268 e. The van der Waals surface area contributed by atoms with E-state index in [1.165, 1.54) is 29.5 Å². The number of rotatable bonds is 5. The number of aromatic nitrogens is 1. The molecular weight excluding hydrogens is 465 g/mol. The summed E-state index contributed by atoms with van der Waals surface area (Å²) in [5, 5.41) is 4.73. The van der Waals surface area contributed by atoms with Crippen LogP contribution in [-0.2, 0) is 13.1 Å². The normalized spacial score (nSPS) is 11.2. The van der Waals surface area contributed by atoms with E-state index in [9.17, 15) is 18.0 Å². The second-order valence-electron chi connectivity index (χ2n) is 6.47. The van der Waals surface area contributed by atoms with Crippen molar-refractivity contribution in [2.45, 2.75) is 13.1 Å². The Labute approximate surface area is 176 Å². The number of benzene rings is 2. The maximum absolute atomic E-state index is 13.6. The van der Waals surface area contributed by atoms with Crippen molar-refractivity contribution >= 4 is 43.4 Å². The molecule has 148 valence electrons. The molecule has 3 nitrogen and oxygen atoms in total. The molecular formula is C21H14BrF3N2OS. The highest BCUT2D eigenvalue weighted by Gasteiger charge is 2.19. The summed E-state index contributed by atoms with van der Waals surface area (Å²) < 4.78 is 43.4. The number of nitrogens with zero attached hydrogens (tertiary/aromatic N) is 1. The first kappa shape index (κ1) is 19.7. The SMILES string of the molecule is O=C(NCc1ccc(F)cc1)c1cc2scc(Br)c2n1Cc1ccc(F)c(F)c1. The molecule has 1 N–H and O–H groups in total. The summed E-state index contributed by atoms with van der Waals surface area (Å²) in [7, 11) is 0. The van der Waals surface area contributed by atoms with Gasteiger partial charge in [0.25, 0.3) is 5.91 Å². The molecule has 0 aliphatic heterocycles. The Balaban J connectivity index is 1.64. The largest absolute Gasteiger partial charge is 0.347 e. The molecule has 2 aromatic heterocycles. The molecule has 1 amide bonds. The number of carbonyl (C=O) groups excluding carboxylic acids is 1. The van der Waals surface area contributed by atoms with Gasteiger partial charge >= 0.3 is 0 Å². The van der Waals surface area contributed by atoms with Crippen LogP contribution < -0.4 is 5.32 Å². The van der Waals surface area contributed by atoms with Gasteiger partial charge in [0, 0.05) is 18.5 Å². The van der Waals surface area contributed by atoms with Crippen LogP contribution in [0.1, 0.15) is 21.6 Å². The van der Waals surface area contributed by atoms with Crippen molar-refractivity contribution in [2.24, 2.45) is 0 Å². The number of hydrogen-bond donors (Lipinski definition) is 1. The average Bonchev–Trinajstić information content (AvgIpc) is 3.24. The van der Waals surface area contributed by atoms with E-state index >= 15 is 0 Å². The summed E-state index contributed by atoms with van der Waals surface area (Å²) in [4.78, 5) is 12.8. The minimum atomic E-state index is -0.933. The standard InChI is InChI=1S/C21H14BrF3N2OS/c22-15-11-29-19-8-18(21(28)26-9-12-1-4-14(23)5-2-12)27(20(15)19)10-13-3-6-16(24)17(25)7-13/h1-8,11H,9-10H2,(H,26,28). The van der Waals surface area contributed by atoms with E-state index in [2.05, 4.69) is 21.2 Å². The van der Waals surface area contributed by atoms with Crippen LogP contribution in [0.15, 0.2) is 58.4 Å². The Kier molecular flexibility index (Phi) is 5.47. The third kappa shape index (κ3) is 4.09. The molecule has 0 saturated carbocycles. The maximum atomic E-state index is 13.6. The lowest BCUT2D eigenvalue weighted by atomic mass is 10.2. The number of halogens is 4. The van der Waals surface area contributed by atoms with Crippen LogP contribution in [0.25, 0.3) is 10.2 Å². The molecule has 0 radical (unpaired) electrons. The third-order valence-electron chi connectivity index (χ3n) is 4.50. The molecule has 4 rings (SSSR count). The summed E-state index contributed by atoms with van der Waals surface area (Å²) in [6, 6.07) is 11.3. The Morgan fingerprint density at radius 3 is 2.45 bits per heavy atom. The van der Waals surface area contributed by atoms with Gasteiger partial charge in [-0.05, 0) is 57.4 Å². The zero-order valence-corrected chi connectivity index (χ0v) is 17.3. The predicted molar refractivity (Wildman–Crippen MR) is 111 cm³/mol. The highest BCUT2D eigenvalue weighted by atomic mass is 79.9. The lowest BCUT2D eigenvalue weighted by Crippen LogP contribution is -2.25. The fraction of sp³-hybridized carbons (Fsp3) is 0.0952. The molecule has 0 spiro atoms. The van der Waals surface area contributed by atoms with Crippen LogP contribution in [0.3, 0.4) is 0 Å². The lowest BCUT2D eigenvalue weighted by molar-refractivity contribution is 0.0942. The first-order chi connectivity index (χ1) is 13.9. The molecule has 0 bridgehead atoms. The van der Waals surface area contributed by atoms with E-state index in [1.54, 1.807) is 22.8 Å². The van der Waals surface area contributed by atoms with E-state index in [-0.39, 0.29) is 24.8 Å². The summed E-state index contributed by atoms with van der Waals surface area (Å²) in [5.74, 6) is -2.50. The molecule has 0 unspecified atom stereocenters. The van der Waals surface area contributed by atoms with Gasteiger partial charge in [-0.2, -0.15) is 0 Å². The Hall–Kier alpha value is -2.58. The second kappa shape index (κ2) is 8.04. The first-order valence-corrected chi connectivity index (χ1v) is 10.3. The number of hydrogen-bond acceptors (Lipinski definition) is 2. The van der Waals surface area contributed by atoms with Crippen LogP contribution in [-0.4, -0.2) is 10.5 Å². The molecule has 0 fully saturated rings. The molecule has 0 aliphatic rings. The van der Waals surface area contributed by atoms with E-state index in [0.717, 1.165) is 32.4 Å². The van der Waals surface area contributed by atoms with Gasteiger partial charge in [0.05, 0.1) is 14.7 Å². The van der Waals surface area contributed by atoms with E-state index in [1.807, 2.05) is 5.38 Å². The van der Waals surface area contributed by atoms with Crippen LogP contribution in [0.4, 0.5) is 13.2 Å². The van der Waals surface area contributed by atoms with Crippen molar-refractivity contribution in [2.75, 3.05) is 0 Å². The van der Waals surface area contributed by atoms with Gasteiger partial charge in [-0.15, -0.1) is 11.3 Å². The smallest absolute Gasteiger partial charge is 0.268 e. The quantitative estimate of drug-likeness (QED) is 0.382. The fourth-order valence-corrected chi connectivity index (χ4v) is 4.77. The zero-order chi connectivity index (χ0) is 20.5. The monoisotopic (exact) mass is 478 g/mol. The van der Waals surface area contributed by atoms with E-state index in [0.29, 0.717) is 11.3 Å². The summed E-state index contributed by atoms with van der Waals surface area (Å²) in [5.41, 5.74) is 2.51. The van der Waals surface area contributed by atoms with Crippen molar-refractivity contribution in [1.29, 1.82) is 0 Å². The van der Waals surface area contributed by atoms with Crippen LogP contribution in [0.5, 0.6) is 0 Å². The molecule has 2 heterocycles. The molecule has 8 heteroatoms. The Morgan fingerprint density at radius 2 is 1.72 bits per heavy atom. The number of carbonyl (C=O) groups is 1. The van der Waals surface area contributed by atoms with Gasteiger partial charge in [-0.25, -0.2) is 13.2 Å². The van der Waals surface area contributed by atoms with E-state index < -0.39 is 11.6 Å². The van der Waals surface area contributed by atoms with E-state index in [4.69, 9.17) is 0 Å². The third-order valence-corrected chi connectivity index (χ3v) is 6.33. The van der Waals surface area contributed by atoms with Crippen molar-refractivity contribution in [3.05, 3.63) is 92.7 Å². The van der Waals surface area contributed by atoms with Crippen LogP contribution in [0, 0.1) is 17.5 Å². The Morgan fingerprint density at radius 1 is 1.00 bits per heavy atom. The fourth-order valence-electron chi connectivity index (χ4n) is 3.08. The first-order valence-electron chi connectivity index (χ1n) is 8.65. The predicted octanol–water partition coefficient (Wildman–Crippen LogP) is 5.86. The topological polar surface area (TPSA) is 34.0 Å². The van der Waals surface area contributed by atoms with Crippen molar-refractivity contribution in [3.8, 4) is 0 Å². The highest BCUT2D eigenvalue weighted by Crippen LogP contribution is 2.34. The summed E-state index contributed by atoms with van der Waals surface area (Å²) >= 11 is 4.97. The molecule has 29 heavy (non-hydrogen) atoms. The number of amides is 1. The summed E-state index contributed by atoms with van der Waals surface area (Å²) in [6.07, 6.45) is 0. The van der Waals surface area contributed by atoms with Gasteiger partial charge in [0.15, 0.2) is 11.6 Å². The molecule has 0 aliphatic carbocycles. The Bertz CT molecular complexity index is 1200. The molecule has 4 aromatic rings. The molecule has 2 aromatic carbocycles. The molecule has 0 atom stereocenters. The molecule has 0 saturated heterocycles. The highest BCUT2D eigenvalue weighted by molar-refractivity contribution is 9.10. The number of thiophene rings is 1. The van der Waals surface area contributed by atoms with Gasteiger partial charge in [-0.1, -0.05) is 18.2 Å². The van der Waals surface area contributed by atoms with Gasteiger partial charge in [0.2, 0.25) is 0 Å².